The SMILES string of the molecule is COCCC(=O)c1nc(C)c(CN)s1. The van der Waals surface area contributed by atoms with Crippen LogP contribution < -0.4 is 5.73 Å². The Morgan fingerprint density at radius 1 is 1.64 bits per heavy atom. The first-order chi connectivity index (χ1) is 6.69. The van der Waals surface area contributed by atoms with Crippen LogP contribution in [0.1, 0.15) is 26.8 Å². The third-order valence-electron chi connectivity index (χ3n) is 1.85. The maximum Gasteiger partial charge on any atom is 0.193 e. The van der Waals surface area contributed by atoms with Crippen LogP contribution in [0.25, 0.3) is 0 Å². The Morgan fingerprint density at radius 3 is 2.86 bits per heavy atom. The average molecular weight is 214 g/mol. The van der Waals surface area contributed by atoms with E-state index in [2.05, 4.69) is 4.98 Å². The van der Waals surface area contributed by atoms with Gasteiger partial charge in [-0.1, -0.05) is 0 Å². The smallest absolute Gasteiger partial charge is 0.193 e. The fourth-order valence-corrected chi connectivity index (χ4v) is 1.95. The van der Waals surface area contributed by atoms with Crippen molar-refractivity contribution < 1.29 is 9.53 Å². The average Bonchev–Trinajstić information content (AvgIpc) is 2.56. The van der Waals surface area contributed by atoms with Gasteiger partial charge in [0.05, 0.1) is 12.3 Å². The Balaban J connectivity index is 2.70. The Labute approximate surface area is 87.1 Å². The van der Waals surface area contributed by atoms with Crippen LogP contribution in [0.2, 0.25) is 0 Å². The first-order valence-corrected chi connectivity index (χ1v) is 5.19. The summed E-state index contributed by atoms with van der Waals surface area (Å²) in [5.74, 6) is 0.0275. The molecule has 0 amide bonds. The van der Waals surface area contributed by atoms with Crippen LogP contribution in [-0.2, 0) is 11.3 Å². The molecule has 0 radical (unpaired) electrons. The number of ketones is 1. The number of ether oxygens (including phenoxy) is 1. The van der Waals surface area contributed by atoms with E-state index in [0.29, 0.717) is 24.6 Å². The highest BCUT2D eigenvalue weighted by atomic mass is 32.1. The second kappa shape index (κ2) is 5.19. The normalized spacial score (nSPS) is 10.5. The number of methoxy groups -OCH3 is 1. The van der Waals surface area contributed by atoms with Gasteiger partial charge in [0.1, 0.15) is 0 Å². The minimum atomic E-state index is 0.0275. The van der Waals surface area contributed by atoms with Gasteiger partial charge >= 0.3 is 0 Å². The number of hydrogen-bond donors (Lipinski definition) is 1. The van der Waals surface area contributed by atoms with E-state index in [9.17, 15) is 4.79 Å². The Bertz CT molecular complexity index is 323. The topological polar surface area (TPSA) is 65.2 Å². The molecule has 0 fully saturated rings. The number of nitrogens with two attached hydrogens (primary N) is 1. The summed E-state index contributed by atoms with van der Waals surface area (Å²) in [5.41, 5.74) is 6.36. The fourth-order valence-electron chi connectivity index (χ4n) is 1.04. The highest BCUT2D eigenvalue weighted by Gasteiger charge is 2.12. The van der Waals surface area contributed by atoms with Crippen molar-refractivity contribution in [3.63, 3.8) is 0 Å². The summed E-state index contributed by atoms with van der Waals surface area (Å²) in [6, 6.07) is 0. The molecular weight excluding hydrogens is 200 g/mol. The Hall–Kier alpha value is -0.780. The third-order valence-corrected chi connectivity index (χ3v) is 3.07. The predicted octanol–water partition coefficient (Wildman–Crippen LogP) is 1.13. The molecule has 0 unspecified atom stereocenters. The van der Waals surface area contributed by atoms with Crippen LogP contribution in [0.4, 0.5) is 0 Å². The van der Waals surface area contributed by atoms with Gasteiger partial charge in [0.2, 0.25) is 0 Å². The van der Waals surface area contributed by atoms with Gasteiger partial charge < -0.3 is 10.5 Å². The van der Waals surface area contributed by atoms with Gasteiger partial charge in [-0.2, -0.15) is 0 Å². The van der Waals surface area contributed by atoms with E-state index in [0.717, 1.165) is 10.6 Å². The molecule has 0 spiro atoms. The molecule has 0 saturated heterocycles. The summed E-state index contributed by atoms with van der Waals surface area (Å²) in [6.45, 7) is 2.75. The van der Waals surface area contributed by atoms with Gasteiger partial charge in [0.15, 0.2) is 10.8 Å². The minimum absolute atomic E-state index is 0.0275. The Kier molecular flexibility index (Phi) is 4.19. The lowest BCUT2D eigenvalue weighted by atomic mass is 10.3. The molecule has 0 aliphatic heterocycles. The summed E-state index contributed by atoms with van der Waals surface area (Å²) in [4.78, 5) is 16.7. The molecule has 1 heterocycles. The van der Waals surface area contributed by atoms with Crippen molar-refractivity contribution in [2.75, 3.05) is 13.7 Å². The van der Waals surface area contributed by atoms with Crippen molar-refractivity contribution in [3.05, 3.63) is 15.6 Å². The van der Waals surface area contributed by atoms with E-state index >= 15 is 0 Å². The molecule has 5 heteroatoms. The van der Waals surface area contributed by atoms with Crippen molar-refractivity contribution >= 4 is 17.1 Å². The van der Waals surface area contributed by atoms with Crippen LogP contribution in [0, 0.1) is 6.92 Å². The van der Waals surface area contributed by atoms with E-state index in [4.69, 9.17) is 10.5 Å². The molecule has 1 aromatic rings. The van der Waals surface area contributed by atoms with Crippen molar-refractivity contribution in [2.45, 2.75) is 19.9 Å². The van der Waals surface area contributed by atoms with Crippen LogP contribution in [-0.4, -0.2) is 24.5 Å². The fraction of sp³-hybridized carbons (Fsp3) is 0.556. The van der Waals surface area contributed by atoms with E-state index in [1.807, 2.05) is 6.92 Å². The molecule has 0 aliphatic carbocycles. The summed E-state index contributed by atoms with van der Waals surface area (Å²) >= 11 is 1.38. The van der Waals surface area contributed by atoms with Crippen molar-refractivity contribution in [1.82, 2.24) is 4.98 Å². The van der Waals surface area contributed by atoms with Gasteiger partial charge in [-0.05, 0) is 6.92 Å². The lowest BCUT2D eigenvalue weighted by Gasteiger charge is -1.94. The van der Waals surface area contributed by atoms with Crippen molar-refractivity contribution in [1.29, 1.82) is 0 Å². The molecular formula is C9H14N2O2S. The van der Waals surface area contributed by atoms with Gasteiger partial charge in [0, 0.05) is 25.0 Å². The van der Waals surface area contributed by atoms with Gasteiger partial charge in [-0.15, -0.1) is 11.3 Å². The maximum absolute atomic E-state index is 11.5. The van der Waals surface area contributed by atoms with Gasteiger partial charge in [-0.25, -0.2) is 4.98 Å². The van der Waals surface area contributed by atoms with Crippen LogP contribution >= 0.6 is 11.3 Å². The monoisotopic (exact) mass is 214 g/mol. The third kappa shape index (κ3) is 2.60. The second-order valence-corrected chi connectivity index (χ2v) is 3.98. The quantitative estimate of drug-likeness (QED) is 0.746. The summed E-state index contributed by atoms with van der Waals surface area (Å²) in [5, 5.41) is 0.542. The lowest BCUT2D eigenvalue weighted by molar-refractivity contribution is 0.0931. The predicted molar refractivity (Wildman–Crippen MR) is 55.6 cm³/mol. The number of nitrogens with zero attached hydrogens (tertiary/aromatic N) is 1. The molecule has 0 aromatic carbocycles. The number of hydrogen-bond acceptors (Lipinski definition) is 5. The standard InChI is InChI=1S/C9H14N2O2S/c1-6-8(5-10)14-9(11-6)7(12)3-4-13-2/h3-5,10H2,1-2H3. The number of rotatable bonds is 5. The Morgan fingerprint density at radius 2 is 2.36 bits per heavy atom. The highest BCUT2D eigenvalue weighted by molar-refractivity contribution is 7.13. The van der Waals surface area contributed by atoms with Crippen molar-refractivity contribution in [2.24, 2.45) is 5.73 Å². The number of aryl methyl sites for hydroxylation is 1. The second-order valence-electron chi connectivity index (χ2n) is 2.90. The van der Waals surface area contributed by atoms with Crippen LogP contribution in [0.3, 0.4) is 0 Å². The summed E-state index contributed by atoms with van der Waals surface area (Å²) in [6.07, 6.45) is 0.382. The molecule has 0 saturated carbocycles. The molecule has 4 nitrogen and oxygen atoms in total. The largest absolute Gasteiger partial charge is 0.384 e. The zero-order valence-corrected chi connectivity index (χ0v) is 9.19. The molecule has 14 heavy (non-hydrogen) atoms. The zero-order valence-electron chi connectivity index (χ0n) is 8.37. The number of carbonyl (C=O) groups excluding carboxylic acids is 1. The van der Waals surface area contributed by atoms with Gasteiger partial charge in [-0.3, -0.25) is 4.79 Å². The number of carbonyl (C=O) groups is 1. The molecule has 2 N–H and O–H groups in total. The van der Waals surface area contributed by atoms with E-state index < -0.39 is 0 Å². The molecule has 1 rings (SSSR count). The van der Waals surface area contributed by atoms with E-state index in [1.165, 1.54) is 11.3 Å². The van der Waals surface area contributed by atoms with Gasteiger partial charge in [0.25, 0.3) is 0 Å². The van der Waals surface area contributed by atoms with Crippen molar-refractivity contribution in [3.8, 4) is 0 Å². The molecule has 0 aliphatic rings. The first kappa shape index (κ1) is 11.3. The summed E-state index contributed by atoms with van der Waals surface area (Å²) in [7, 11) is 1.58. The number of Topliss-reactive ketones (excluding diaryl/α,β-unsaturated/α-hetero) is 1. The molecule has 0 bridgehead atoms. The van der Waals surface area contributed by atoms with E-state index in [-0.39, 0.29) is 5.78 Å². The molecule has 78 valence electrons. The highest BCUT2D eigenvalue weighted by Crippen LogP contribution is 2.18. The molecule has 0 atom stereocenters. The minimum Gasteiger partial charge on any atom is -0.384 e. The number of thiazole rings is 1. The van der Waals surface area contributed by atoms with Crippen LogP contribution in [0.5, 0.6) is 0 Å². The molecule has 1 aromatic heterocycles. The maximum atomic E-state index is 11.5. The summed E-state index contributed by atoms with van der Waals surface area (Å²) < 4.78 is 4.83. The first-order valence-electron chi connectivity index (χ1n) is 4.37. The van der Waals surface area contributed by atoms with Crippen LogP contribution in [0.15, 0.2) is 0 Å². The zero-order chi connectivity index (χ0) is 10.6. The van der Waals surface area contributed by atoms with E-state index in [1.54, 1.807) is 7.11 Å². The number of aromatic nitrogens is 1. The lowest BCUT2D eigenvalue weighted by Crippen LogP contribution is -2.02.